The lowest BCUT2D eigenvalue weighted by atomic mass is 10.2. The van der Waals surface area contributed by atoms with Crippen molar-refractivity contribution in [3.63, 3.8) is 0 Å². The van der Waals surface area contributed by atoms with Crippen molar-refractivity contribution in [3.8, 4) is 0 Å². The third-order valence-corrected chi connectivity index (χ3v) is 3.37. The van der Waals surface area contributed by atoms with E-state index in [0.29, 0.717) is 15.9 Å². The maximum atomic E-state index is 12.0. The number of aromatic nitrogens is 2. The molecule has 1 aromatic heterocycles. The van der Waals surface area contributed by atoms with Crippen molar-refractivity contribution < 1.29 is 4.79 Å². The van der Waals surface area contributed by atoms with Gasteiger partial charge in [0, 0.05) is 15.1 Å². The zero-order chi connectivity index (χ0) is 13.1. The summed E-state index contributed by atoms with van der Waals surface area (Å²) < 4.78 is 1.57. The van der Waals surface area contributed by atoms with Crippen LogP contribution in [0.4, 0.5) is 5.82 Å². The first-order valence-electron chi connectivity index (χ1n) is 4.81. The predicted molar refractivity (Wildman–Crippen MR) is 76.8 cm³/mol. The third-order valence-electron chi connectivity index (χ3n) is 2.04. The number of halogens is 3. The Balaban J connectivity index is 2.22. The SMILES string of the molecule is O=C(Nc1ccnc(Cl)n1)c1ccc(Br)cc1Br. The number of carbonyl (C=O) groups is 1. The monoisotopic (exact) mass is 389 g/mol. The number of carbonyl (C=O) groups excluding carboxylic acids is 1. The van der Waals surface area contributed by atoms with Crippen LogP contribution in [0.3, 0.4) is 0 Å². The molecule has 18 heavy (non-hydrogen) atoms. The topological polar surface area (TPSA) is 54.9 Å². The van der Waals surface area contributed by atoms with Gasteiger partial charge in [-0.05, 0) is 51.8 Å². The van der Waals surface area contributed by atoms with Gasteiger partial charge < -0.3 is 5.32 Å². The fraction of sp³-hybridized carbons (Fsp3) is 0. The number of nitrogens with zero attached hydrogens (tertiary/aromatic N) is 2. The van der Waals surface area contributed by atoms with Gasteiger partial charge in [0.25, 0.3) is 5.91 Å². The first kappa shape index (κ1) is 13.5. The van der Waals surface area contributed by atoms with Gasteiger partial charge in [0.15, 0.2) is 0 Å². The van der Waals surface area contributed by atoms with E-state index in [1.54, 1.807) is 24.3 Å². The minimum atomic E-state index is -0.274. The van der Waals surface area contributed by atoms with Crippen molar-refractivity contribution in [1.29, 1.82) is 0 Å². The standard InChI is InChI=1S/C11H6Br2ClN3O/c12-6-1-2-7(8(13)5-6)10(18)16-9-3-4-15-11(14)17-9/h1-5H,(H,15,16,17,18). The first-order chi connectivity index (χ1) is 8.56. The van der Waals surface area contributed by atoms with Crippen molar-refractivity contribution in [2.45, 2.75) is 0 Å². The molecule has 2 aromatic rings. The summed E-state index contributed by atoms with van der Waals surface area (Å²) in [6.45, 7) is 0. The molecular formula is C11H6Br2ClN3O. The Morgan fingerprint density at radius 1 is 1.28 bits per heavy atom. The molecular weight excluding hydrogens is 385 g/mol. The van der Waals surface area contributed by atoms with Gasteiger partial charge in [0.2, 0.25) is 5.28 Å². The molecule has 92 valence electrons. The fourth-order valence-corrected chi connectivity index (χ4v) is 2.64. The van der Waals surface area contributed by atoms with Crippen LogP contribution in [-0.2, 0) is 0 Å². The molecule has 1 aromatic carbocycles. The van der Waals surface area contributed by atoms with E-state index in [4.69, 9.17) is 11.6 Å². The highest BCUT2D eigenvalue weighted by molar-refractivity contribution is 9.11. The van der Waals surface area contributed by atoms with Crippen LogP contribution in [-0.4, -0.2) is 15.9 Å². The Kier molecular flexibility index (Phi) is 4.31. The van der Waals surface area contributed by atoms with Crippen LogP contribution >= 0.6 is 43.5 Å². The molecule has 0 unspecified atom stereocenters. The second-order valence-electron chi connectivity index (χ2n) is 3.29. The Hall–Kier alpha value is -0.980. The molecule has 7 heteroatoms. The maximum absolute atomic E-state index is 12.0. The second kappa shape index (κ2) is 5.77. The molecule has 0 atom stereocenters. The van der Waals surface area contributed by atoms with Crippen molar-refractivity contribution in [2.75, 3.05) is 5.32 Å². The fourth-order valence-electron chi connectivity index (χ4n) is 1.26. The van der Waals surface area contributed by atoms with E-state index in [9.17, 15) is 4.79 Å². The zero-order valence-electron chi connectivity index (χ0n) is 8.82. The van der Waals surface area contributed by atoms with Crippen LogP contribution in [0.2, 0.25) is 5.28 Å². The molecule has 0 saturated heterocycles. The molecule has 0 saturated carbocycles. The van der Waals surface area contributed by atoms with E-state index in [2.05, 4.69) is 47.1 Å². The number of hydrogen-bond acceptors (Lipinski definition) is 3. The Morgan fingerprint density at radius 3 is 2.72 bits per heavy atom. The molecule has 0 spiro atoms. The molecule has 4 nitrogen and oxygen atoms in total. The van der Waals surface area contributed by atoms with Crippen LogP contribution in [0.1, 0.15) is 10.4 Å². The van der Waals surface area contributed by atoms with Crippen LogP contribution in [0, 0.1) is 0 Å². The number of nitrogens with one attached hydrogen (secondary N) is 1. The van der Waals surface area contributed by atoms with Crippen molar-refractivity contribution in [3.05, 3.63) is 50.3 Å². The van der Waals surface area contributed by atoms with Gasteiger partial charge in [-0.25, -0.2) is 9.97 Å². The molecule has 0 bridgehead atoms. The summed E-state index contributed by atoms with van der Waals surface area (Å²) in [6.07, 6.45) is 1.47. The highest BCUT2D eigenvalue weighted by atomic mass is 79.9. The first-order valence-corrected chi connectivity index (χ1v) is 6.77. The van der Waals surface area contributed by atoms with E-state index >= 15 is 0 Å². The summed E-state index contributed by atoms with van der Waals surface area (Å²) in [5, 5.41) is 2.73. The minimum Gasteiger partial charge on any atom is -0.306 e. The average molecular weight is 391 g/mol. The summed E-state index contributed by atoms with van der Waals surface area (Å²) in [6, 6.07) is 6.84. The molecule has 0 aliphatic rings. The molecule has 1 amide bonds. The number of hydrogen-bond donors (Lipinski definition) is 1. The molecule has 0 aliphatic heterocycles. The molecule has 1 N–H and O–H groups in total. The van der Waals surface area contributed by atoms with Gasteiger partial charge in [-0.1, -0.05) is 15.9 Å². The van der Waals surface area contributed by atoms with E-state index in [1.807, 2.05) is 0 Å². The van der Waals surface area contributed by atoms with Gasteiger partial charge in [-0.2, -0.15) is 0 Å². The number of benzene rings is 1. The quantitative estimate of drug-likeness (QED) is 0.790. The summed E-state index contributed by atoms with van der Waals surface area (Å²) in [4.78, 5) is 19.6. The summed E-state index contributed by atoms with van der Waals surface area (Å²) in [5.41, 5.74) is 0.507. The third kappa shape index (κ3) is 3.28. The molecule has 0 radical (unpaired) electrons. The molecule has 0 aliphatic carbocycles. The summed E-state index contributed by atoms with van der Waals surface area (Å²) in [5.74, 6) is 0.0824. The lowest BCUT2D eigenvalue weighted by Crippen LogP contribution is -2.13. The Morgan fingerprint density at radius 2 is 2.06 bits per heavy atom. The van der Waals surface area contributed by atoms with Gasteiger partial charge in [-0.3, -0.25) is 4.79 Å². The summed E-state index contributed by atoms with van der Waals surface area (Å²) in [7, 11) is 0. The lowest BCUT2D eigenvalue weighted by molar-refractivity contribution is 0.102. The van der Waals surface area contributed by atoms with Gasteiger partial charge >= 0.3 is 0 Å². The van der Waals surface area contributed by atoms with Gasteiger partial charge in [-0.15, -0.1) is 0 Å². The number of anilines is 1. The molecule has 1 heterocycles. The molecule has 2 rings (SSSR count). The summed E-state index contributed by atoms with van der Waals surface area (Å²) >= 11 is 12.3. The van der Waals surface area contributed by atoms with E-state index in [1.165, 1.54) is 6.20 Å². The zero-order valence-corrected chi connectivity index (χ0v) is 12.8. The van der Waals surface area contributed by atoms with Crippen molar-refractivity contribution >= 4 is 55.2 Å². The normalized spacial score (nSPS) is 10.2. The van der Waals surface area contributed by atoms with E-state index < -0.39 is 0 Å². The Labute approximate surface area is 125 Å². The van der Waals surface area contributed by atoms with Crippen LogP contribution in [0.25, 0.3) is 0 Å². The van der Waals surface area contributed by atoms with Crippen molar-refractivity contribution in [2.24, 2.45) is 0 Å². The Bertz CT molecular complexity index is 607. The highest BCUT2D eigenvalue weighted by Gasteiger charge is 2.11. The predicted octanol–water partition coefficient (Wildman–Crippen LogP) is 3.91. The lowest BCUT2D eigenvalue weighted by Gasteiger charge is -2.06. The minimum absolute atomic E-state index is 0.0858. The maximum Gasteiger partial charge on any atom is 0.257 e. The average Bonchev–Trinajstić information content (AvgIpc) is 2.28. The van der Waals surface area contributed by atoms with E-state index in [-0.39, 0.29) is 11.2 Å². The highest BCUT2D eigenvalue weighted by Crippen LogP contribution is 2.22. The van der Waals surface area contributed by atoms with Crippen LogP contribution in [0.15, 0.2) is 39.4 Å². The van der Waals surface area contributed by atoms with Crippen molar-refractivity contribution in [1.82, 2.24) is 9.97 Å². The van der Waals surface area contributed by atoms with Crippen LogP contribution < -0.4 is 5.32 Å². The largest absolute Gasteiger partial charge is 0.306 e. The van der Waals surface area contributed by atoms with E-state index in [0.717, 1.165) is 4.47 Å². The number of rotatable bonds is 2. The van der Waals surface area contributed by atoms with Crippen LogP contribution in [0.5, 0.6) is 0 Å². The smallest absolute Gasteiger partial charge is 0.257 e. The number of amides is 1. The van der Waals surface area contributed by atoms with Gasteiger partial charge in [0.1, 0.15) is 5.82 Å². The second-order valence-corrected chi connectivity index (χ2v) is 5.40. The van der Waals surface area contributed by atoms with Gasteiger partial charge in [0.05, 0.1) is 5.56 Å². The molecule has 0 fully saturated rings.